The van der Waals surface area contributed by atoms with Crippen molar-refractivity contribution in [2.45, 2.75) is 17.5 Å². The molecule has 3 rings (SSSR count). The van der Waals surface area contributed by atoms with Crippen molar-refractivity contribution in [2.75, 3.05) is 34.3 Å². The number of nitrogens with one attached hydrogen (secondary N) is 1. The number of benzene rings is 2. The highest BCUT2D eigenvalue weighted by atomic mass is 32.2. The van der Waals surface area contributed by atoms with E-state index in [0.29, 0.717) is 30.2 Å². The number of fused-ring (bicyclic) bond motifs is 1. The van der Waals surface area contributed by atoms with Gasteiger partial charge in [-0.3, -0.25) is 0 Å². The van der Waals surface area contributed by atoms with E-state index in [0.717, 1.165) is 4.31 Å². The van der Waals surface area contributed by atoms with Crippen molar-refractivity contribution in [1.82, 2.24) is 14.5 Å². The Morgan fingerprint density at radius 2 is 1.72 bits per heavy atom. The number of hydrogen-bond donors (Lipinski definition) is 1. The summed E-state index contributed by atoms with van der Waals surface area (Å²) in [6.07, 6.45) is -0.290. The van der Waals surface area contributed by atoms with E-state index in [9.17, 15) is 13.2 Å². The molecule has 1 atom stereocenters. The quantitative estimate of drug-likeness (QED) is 0.773. The number of hydrogen-bond acceptors (Lipinski definition) is 5. The van der Waals surface area contributed by atoms with Crippen LogP contribution in [0.3, 0.4) is 0 Å². The molecule has 1 unspecified atom stereocenters. The summed E-state index contributed by atoms with van der Waals surface area (Å²) < 4.78 is 37.6. The summed E-state index contributed by atoms with van der Waals surface area (Å²) in [4.78, 5) is 14.2. The molecule has 0 fully saturated rings. The van der Waals surface area contributed by atoms with Crippen LogP contribution < -0.4 is 14.8 Å². The second kappa shape index (κ2) is 8.71. The van der Waals surface area contributed by atoms with Gasteiger partial charge < -0.3 is 19.7 Å². The summed E-state index contributed by atoms with van der Waals surface area (Å²) in [5.74, 6) is 1.34. The van der Waals surface area contributed by atoms with Crippen LogP contribution in [-0.4, -0.2) is 64.1 Å². The zero-order valence-electron chi connectivity index (χ0n) is 16.7. The smallest absolute Gasteiger partial charge is 0.317 e. The lowest BCUT2D eigenvalue weighted by atomic mass is 10.2. The molecule has 1 N–H and O–H groups in total. The van der Waals surface area contributed by atoms with Crippen molar-refractivity contribution in [1.29, 1.82) is 0 Å². The number of sulfonamides is 1. The zero-order chi connectivity index (χ0) is 21.0. The second-order valence-corrected chi connectivity index (χ2v) is 9.05. The van der Waals surface area contributed by atoms with Crippen LogP contribution in [0.15, 0.2) is 53.4 Å². The van der Waals surface area contributed by atoms with E-state index >= 15 is 0 Å². The summed E-state index contributed by atoms with van der Waals surface area (Å²) >= 11 is 0. The minimum absolute atomic E-state index is 0.0945. The average Bonchev–Trinajstić information content (AvgIpc) is 2.71. The highest BCUT2D eigenvalue weighted by molar-refractivity contribution is 7.89. The van der Waals surface area contributed by atoms with Gasteiger partial charge in [-0.05, 0) is 23.8 Å². The maximum absolute atomic E-state index is 12.5. The molecule has 0 spiro atoms. The molecule has 0 bridgehead atoms. The number of rotatable bonds is 6. The lowest BCUT2D eigenvalue weighted by molar-refractivity contribution is 0.0715. The fourth-order valence-electron chi connectivity index (χ4n) is 2.95. The van der Waals surface area contributed by atoms with Gasteiger partial charge in [0.05, 0.1) is 11.4 Å². The van der Waals surface area contributed by atoms with Gasteiger partial charge in [0.25, 0.3) is 0 Å². The maximum Gasteiger partial charge on any atom is 0.317 e. The predicted octanol–water partition coefficient (Wildman–Crippen LogP) is 1.92. The lowest BCUT2D eigenvalue weighted by Crippen LogP contribution is -2.45. The Labute approximate surface area is 171 Å². The van der Waals surface area contributed by atoms with E-state index in [2.05, 4.69) is 5.32 Å². The van der Waals surface area contributed by atoms with Crippen molar-refractivity contribution in [3.8, 4) is 11.5 Å². The molecular weight excluding hydrogens is 394 g/mol. The largest absolute Gasteiger partial charge is 0.486 e. The number of nitrogens with zero attached hydrogens (tertiary/aromatic N) is 2. The number of urea groups is 1. The highest BCUT2D eigenvalue weighted by Gasteiger charge is 2.24. The summed E-state index contributed by atoms with van der Waals surface area (Å²) in [6.45, 7) is 0.771. The molecule has 0 aliphatic carbocycles. The van der Waals surface area contributed by atoms with E-state index in [1.54, 1.807) is 25.2 Å². The van der Waals surface area contributed by atoms with Crippen molar-refractivity contribution in [3.05, 3.63) is 54.1 Å². The Hall–Kier alpha value is -2.78. The minimum atomic E-state index is -3.59. The number of ether oxygens (including phenoxy) is 2. The van der Waals surface area contributed by atoms with Crippen LogP contribution in [0.4, 0.5) is 4.79 Å². The van der Waals surface area contributed by atoms with Crippen molar-refractivity contribution >= 4 is 16.1 Å². The average molecular weight is 420 g/mol. The topological polar surface area (TPSA) is 88.2 Å². The first kappa shape index (κ1) is 20.9. The van der Waals surface area contributed by atoms with Gasteiger partial charge in [0.2, 0.25) is 10.0 Å². The Bertz CT molecular complexity index is 978. The minimum Gasteiger partial charge on any atom is -0.486 e. The normalized spacial score (nSPS) is 15.8. The molecule has 156 valence electrons. The number of likely N-dealkylation sites (N-methyl/N-ethyl adjacent to an activating group) is 1. The first-order valence-electron chi connectivity index (χ1n) is 9.17. The third-order valence-electron chi connectivity index (χ3n) is 4.55. The predicted molar refractivity (Wildman–Crippen MR) is 109 cm³/mol. The molecule has 1 heterocycles. The summed E-state index contributed by atoms with van der Waals surface area (Å²) in [5.41, 5.74) is 0.522. The van der Waals surface area contributed by atoms with Crippen molar-refractivity contribution in [3.63, 3.8) is 0 Å². The second-order valence-electron chi connectivity index (χ2n) is 6.93. The molecule has 29 heavy (non-hydrogen) atoms. The molecular formula is C20H25N3O5S. The lowest BCUT2D eigenvalue weighted by Gasteiger charge is -2.29. The standard InChI is InChI=1S/C20H25N3O5S/c1-22(2)29(25,26)19-11-7-4-8-15(19)12-21-20(24)23(3)13-16-14-27-17-9-5-6-10-18(17)28-16/h4-11,16H,12-14H2,1-3H3,(H,21,24). The van der Waals surface area contributed by atoms with Gasteiger partial charge in [-0.1, -0.05) is 30.3 Å². The molecule has 1 aliphatic rings. The molecule has 0 radical (unpaired) electrons. The van der Waals surface area contributed by atoms with Crippen LogP contribution in [0.1, 0.15) is 5.56 Å². The molecule has 0 saturated carbocycles. The number of carbonyl (C=O) groups excluding carboxylic acids is 1. The van der Waals surface area contributed by atoms with Gasteiger partial charge in [0.1, 0.15) is 6.61 Å². The van der Waals surface area contributed by atoms with Crippen LogP contribution in [0.2, 0.25) is 0 Å². The summed E-state index contributed by atoms with van der Waals surface area (Å²) in [7, 11) is 1.01. The van der Waals surface area contributed by atoms with Crippen LogP contribution in [0.25, 0.3) is 0 Å². The Balaban J connectivity index is 1.59. The van der Waals surface area contributed by atoms with Gasteiger partial charge in [-0.15, -0.1) is 0 Å². The fourth-order valence-corrected chi connectivity index (χ4v) is 4.06. The molecule has 1 aliphatic heterocycles. The van der Waals surface area contributed by atoms with Gasteiger partial charge in [0, 0.05) is 27.7 Å². The first-order valence-corrected chi connectivity index (χ1v) is 10.6. The van der Waals surface area contributed by atoms with Gasteiger partial charge in [-0.2, -0.15) is 0 Å². The molecule has 8 nitrogen and oxygen atoms in total. The van der Waals surface area contributed by atoms with E-state index in [1.807, 2.05) is 24.3 Å². The summed E-state index contributed by atoms with van der Waals surface area (Å²) in [6, 6.07) is 13.7. The van der Waals surface area contributed by atoms with E-state index in [4.69, 9.17) is 9.47 Å². The van der Waals surface area contributed by atoms with Crippen molar-refractivity contribution in [2.24, 2.45) is 0 Å². The zero-order valence-corrected chi connectivity index (χ0v) is 17.5. The third-order valence-corrected chi connectivity index (χ3v) is 6.47. The van der Waals surface area contributed by atoms with E-state index in [1.165, 1.54) is 25.1 Å². The van der Waals surface area contributed by atoms with Crippen LogP contribution in [-0.2, 0) is 16.6 Å². The van der Waals surface area contributed by atoms with Crippen LogP contribution >= 0.6 is 0 Å². The maximum atomic E-state index is 12.5. The monoisotopic (exact) mass is 419 g/mol. The SMILES string of the molecule is CN(CC1COc2ccccc2O1)C(=O)NCc1ccccc1S(=O)(=O)N(C)C. The fraction of sp³-hybridized carbons (Fsp3) is 0.350. The first-order chi connectivity index (χ1) is 13.8. The molecule has 2 aromatic carbocycles. The Kier molecular flexibility index (Phi) is 6.29. The summed E-state index contributed by atoms with van der Waals surface area (Å²) in [5, 5.41) is 2.77. The number of para-hydroxylation sites is 2. The van der Waals surface area contributed by atoms with Crippen LogP contribution in [0.5, 0.6) is 11.5 Å². The van der Waals surface area contributed by atoms with Gasteiger partial charge in [0.15, 0.2) is 17.6 Å². The highest BCUT2D eigenvalue weighted by Crippen LogP contribution is 2.30. The third kappa shape index (κ3) is 4.80. The molecule has 0 saturated heterocycles. The van der Waals surface area contributed by atoms with E-state index in [-0.39, 0.29) is 23.6 Å². The van der Waals surface area contributed by atoms with Crippen LogP contribution in [0, 0.1) is 0 Å². The van der Waals surface area contributed by atoms with Crippen molar-refractivity contribution < 1.29 is 22.7 Å². The van der Waals surface area contributed by atoms with E-state index < -0.39 is 10.0 Å². The number of amides is 2. The molecule has 2 aromatic rings. The molecule has 2 amide bonds. The Morgan fingerprint density at radius 1 is 1.07 bits per heavy atom. The number of carbonyl (C=O) groups is 1. The molecule has 9 heteroatoms. The van der Waals surface area contributed by atoms with Gasteiger partial charge in [-0.25, -0.2) is 17.5 Å². The Morgan fingerprint density at radius 3 is 2.45 bits per heavy atom. The molecule has 0 aromatic heterocycles. The van der Waals surface area contributed by atoms with Gasteiger partial charge >= 0.3 is 6.03 Å².